The van der Waals surface area contributed by atoms with Crippen molar-refractivity contribution in [2.45, 2.75) is 20.3 Å². The Morgan fingerprint density at radius 1 is 1.40 bits per heavy atom. The molecule has 2 rings (SSSR count). The van der Waals surface area contributed by atoms with Gasteiger partial charge in [-0.15, -0.1) is 16.4 Å². The summed E-state index contributed by atoms with van der Waals surface area (Å²) in [5.41, 5.74) is 1.82. The van der Waals surface area contributed by atoms with Gasteiger partial charge in [0.2, 0.25) is 0 Å². The summed E-state index contributed by atoms with van der Waals surface area (Å²) in [6, 6.07) is 1.80. The van der Waals surface area contributed by atoms with Crippen LogP contribution in [-0.2, 0) is 6.42 Å². The molecule has 2 aromatic heterocycles. The maximum Gasteiger partial charge on any atom is 0.275 e. The Bertz CT molecular complexity index is 623. The third-order valence-corrected chi connectivity index (χ3v) is 3.65. The van der Waals surface area contributed by atoms with Crippen molar-refractivity contribution in [3.8, 4) is 0 Å². The highest BCUT2D eigenvalue weighted by Crippen LogP contribution is 2.22. The van der Waals surface area contributed by atoms with Gasteiger partial charge in [-0.25, -0.2) is 4.98 Å². The SMILES string of the molecule is CCc1nc(C(=O)Nc2cc(C)nnc2N(C)C)cs1. The van der Waals surface area contributed by atoms with Crippen molar-refractivity contribution in [2.75, 3.05) is 24.3 Å². The maximum absolute atomic E-state index is 12.2. The van der Waals surface area contributed by atoms with Gasteiger partial charge in [-0.2, -0.15) is 5.10 Å². The van der Waals surface area contributed by atoms with E-state index in [9.17, 15) is 4.79 Å². The normalized spacial score (nSPS) is 10.4. The van der Waals surface area contributed by atoms with E-state index < -0.39 is 0 Å². The zero-order valence-electron chi connectivity index (χ0n) is 12.0. The number of nitrogens with zero attached hydrogens (tertiary/aromatic N) is 4. The number of aromatic nitrogens is 3. The molecule has 0 aliphatic heterocycles. The quantitative estimate of drug-likeness (QED) is 0.934. The van der Waals surface area contributed by atoms with E-state index in [1.165, 1.54) is 11.3 Å². The molecule has 106 valence electrons. The van der Waals surface area contributed by atoms with Crippen LogP contribution in [-0.4, -0.2) is 35.2 Å². The topological polar surface area (TPSA) is 71.0 Å². The van der Waals surface area contributed by atoms with Gasteiger partial charge in [0.1, 0.15) is 5.69 Å². The van der Waals surface area contributed by atoms with E-state index in [-0.39, 0.29) is 5.91 Å². The predicted octanol–water partition coefficient (Wildman–Crippen LogP) is 2.12. The third kappa shape index (κ3) is 3.11. The molecular weight excluding hydrogens is 274 g/mol. The van der Waals surface area contributed by atoms with Crippen molar-refractivity contribution in [3.05, 3.63) is 27.8 Å². The lowest BCUT2D eigenvalue weighted by Gasteiger charge is -2.15. The zero-order valence-corrected chi connectivity index (χ0v) is 12.8. The summed E-state index contributed by atoms with van der Waals surface area (Å²) < 4.78 is 0. The summed E-state index contributed by atoms with van der Waals surface area (Å²) in [7, 11) is 3.71. The largest absolute Gasteiger partial charge is 0.360 e. The number of aryl methyl sites for hydroxylation is 2. The first-order chi connectivity index (χ1) is 9.51. The minimum atomic E-state index is -0.226. The Labute approximate surface area is 121 Å². The highest BCUT2D eigenvalue weighted by Gasteiger charge is 2.14. The summed E-state index contributed by atoms with van der Waals surface area (Å²) in [5, 5.41) is 13.7. The van der Waals surface area contributed by atoms with Crippen LogP contribution in [0.2, 0.25) is 0 Å². The first-order valence-corrected chi connectivity index (χ1v) is 7.16. The van der Waals surface area contributed by atoms with Gasteiger partial charge in [0, 0.05) is 19.5 Å². The molecule has 0 aliphatic carbocycles. The maximum atomic E-state index is 12.2. The van der Waals surface area contributed by atoms with Crippen molar-refractivity contribution in [3.63, 3.8) is 0 Å². The number of anilines is 2. The van der Waals surface area contributed by atoms with Crippen molar-refractivity contribution >= 4 is 28.7 Å². The molecule has 0 spiro atoms. The van der Waals surface area contributed by atoms with Gasteiger partial charge in [-0.1, -0.05) is 6.92 Å². The Kier molecular flexibility index (Phi) is 4.29. The Morgan fingerprint density at radius 3 is 2.75 bits per heavy atom. The summed E-state index contributed by atoms with van der Waals surface area (Å²) in [4.78, 5) is 18.3. The summed E-state index contributed by atoms with van der Waals surface area (Å²) in [6.07, 6.45) is 0.830. The van der Waals surface area contributed by atoms with Gasteiger partial charge < -0.3 is 10.2 Å². The second-order valence-corrected chi connectivity index (χ2v) is 5.49. The molecule has 1 amide bonds. The second-order valence-electron chi connectivity index (χ2n) is 4.55. The van der Waals surface area contributed by atoms with Crippen molar-refractivity contribution in [1.82, 2.24) is 15.2 Å². The van der Waals surface area contributed by atoms with Gasteiger partial charge in [-0.05, 0) is 19.4 Å². The minimum absolute atomic E-state index is 0.226. The number of carbonyl (C=O) groups excluding carboxylic acids is 1. The minimum Gasteiger partial charge on any atom is -0.360 e. The summed E-state index contributed by atoms with van der Waals surface area (Å²) in [6.45, 7) is 3.85. The molecule has 0 bridgehead atoms. The van der Waals surface area contributed by atoms with Crippen LogP contribution >= 0.6 is 11.3 Å². The van der Waals surface area contributed by atoms with Crippen LogP contribution < -0.4 is 10.2 Å². The number of carbonyl (C=O) groups is 1. The van der Waals surface area contributed by atoms with Gasteiger partial charge in [0.15, 0.2) is 5.82 Å². The molecule has 20 heavy (non-hydrogen) atoms. The molecule has 2 heterocycles. The fourth-order valence-electron chi connectivity index (χ4n) is 1.67. The number of thiazole rings is 1. The molecule has 1 N–H and O–H groups in total. The molecule has 0 saturated heterocycles. The van der Waals surface area contributed by atoms with E-state index in [1.807, 2.05) is 27.9 Å². The van der Waals surface area contributed by atoms with Crippen LogP contribution in [0.25, 0.3) is 0 Å². The van der Waals surface area contributed by atoms with Crippen LogP contribution in [0.15, 0.2) is 11.4 Å². The smallest absolute Gasteiger partial charge is 0.275 e. The molecule has 0 unspecified atom stereocenters. The van der Waals surface area contributed by atoms with Crippen LogP contribution in [0.3, 0.4) is 0 Å². The molecule has 0 saturated carbocycles. The first-order valence-electron chi connectivity index (χ1n) is 6.28. The molecule has 0 aliphatic rings. The Balaban J connectivity index is 2.24. The molecule has 2 aromatic rings. The number of nitrogens with one attached hydrogen (secondary N) is 1. The van der Waals surface area contributed by atoms with E-state index in [0.29, 0.717) is 17.2 Å². The van der Waals surface area contributed by atoms with Crippen LogP contribution in [0.4, 0.5) is 11.5 Å². The first kappa shape index (κ1) is 14.4. The standard InChI is InChI=1S/C13H17N5OS/c1-5-11-14-10(7-20-11)13(19)15-9-6-8(2)16-17-12(9)18(3)4/h6-7H,5H2,1-4H3,(H,15,16,19). The highest BCUT2D eigenvalue weighted by atomic mass is 32.1. The van der Waals surface area contributed by atoms with Crippen molar-refractivity contribution < 1.29 is 4.79 Å². The average molecular weight is 291 g/mol. The van der Waals surface area contributed by atoms with E-state index in [4.69, 9.17) is 0 Å². The van der Waals surface area contributed by atoms with Gasteiger partial charge in [-0.3, -0.25) is 4.79 Å². The van der Waals surface area contributed by atoms with Gasteiger partial charge in [0.05, 0.1) is 16.4 Å². The lowest BCUT2D eigenvalue weighted by Crippen LogP contribution is -2.19. The molecule has 0 fully saturated rings. The highest BCUT2D eigenvalue weighted by molar-refractivity contribution is 7.09. The molecule has 6 nitrogen and oxygen atoms in total. The second kappa shape index (κ2) is 5.96. The molecule has 0 radical (unpaired) electrons. The fraction of sp³-hybridized carbons (Fsp3) is 0.385. The molecule has 7 heteroatoms. The Morgan fingerprint density at radius 2 is 2.15 bits per heavy atom. The lowest BCUT2D eigenvalue weighted by atomic mass is 10.3. The summed E-state index contributed by atoms with van der Waals surface area (Å²) in [5.74, 6) is 0.395. The van der Waals surface area contributed by atoms with E-state index >= 15 is 0 Å². The number of amides is 1. The summed E-state index contributed by atoms with van der Waals surface area (Å²) >= 11 is 1.49. The molecular formula is C13H17N5OS. The zero-order chi connectivity index (χ0) is 14.7. The van der Waals surface area contributed by atoms with Crippen LogP contribution in [0, 0.1) is 6.92 Å². The number of rotatable bonds is 4. The van der Waals surface area contributed by atoms with Gasteiger partial charge in [0.25, 0.3) is 5.91 Å². The predicted molar refractivity (Wildman–Crippen MR) is 80.5 cm³/mol. The Hall–Kier alpha value is -2.02. The van der Waals surface area contributed by atoms with Crippen LogP contribution in [0.1, 0.15) is 28.1 Å². The van der Waals surface area contributed by atoms with E-state index in [0.717, 1.165) is 17.1 Å². The fourth-order valence-corrected chi connectivity index (χ4v) is 2.39. The monoisotopic (exact) mass is 291 g/mol. The van der Waals surface area contributed by atoms with E-state index in [2.05, 4.69) is 20.5 Å². The van der Waals surface area contributed by atoms with Gasteiger partial charge >= 0.3 is 0 Å². The van der Waals surface area contributed by atoms with E-state index in [1.54, 1.807) is 16.3 Å². The number of hydrogen-bond acceptors (Lipinski definition) is 6. The number of hydrogen-bond donors (Lipinski definition) is 1. The average Bonchev–Trinajstić information content (AvgIpc) is 2.87. The molecule has 0 atom stereocenters. The molecule has 0 aromatic carbocycles. The van der Waals surface area contributed by atoms with Crippen molar-refractivity contribution in [1.29, 1.82) is 0 Å². The van der Waals surface area contributed by atoms with Crippen molar-refractivity contribution in [2.24, 2.45) is 0 Å². The lowest BCUT2D eigenvalue weighted by molar-refractivity contribution is 0.102. The third-order valence-electron chi connectivity index (χ3n) is 2.66. The van der Waals surface area contributed by atoms with Crippen LogP contribution in [0.5, 0.6) is 0 Å².